The molecule has 1 atom stereocenters. The number of anilines is 1. The lowest BCUT2D eigenvalue weighted by molar-refractivity contribution is 0.122. The molecule has 82 valence electrons. The van der Waals surface area contributed by atoms with E-state index in [0.29, 0.717) is 0 Å². The fourth-order valence-corrected chi connectivity index (χ4v) is 2.71. The number of hydrogen-bond acceptors (Lipinski definition) is 5. The van der Waals surface area contributed by atoms with E-state index < -0.39 is 0 Å². The van der Waals surface area contributed by atoms with Gasteiger partial charge in [-0.15, -0.1) is 0 Å². The SMILES string of the molecule is CC1(c2cnc(N3CCOCC3)s2)CO1. The average Bonchev–Trinajstić information content (AvgIpc) is 2.85. The molecule has 1 aromatic rings. The average molecular weight is 226 g/mol. The number of nitrogens with zero attached hydrogens (tertiary/aromatic N) is 2. The normalized spacial score (nSPS) is 30.6. The Labute approximate surface area is 92.8 Å². The third-order valence-electron chi connectivity index (χ3n) is 2.87. The van der Waals surface area contributed by atoms with Crippen LogP contribution >= 0.6 is 11.3 Å². The van der Waals surface area contributed by atoms with E-state index in [0.717, 1.165) is 38.0 Å². The lowest BCUT2D eigenvalue weighted by Gasteiger charge is -2.26. The van der Waals surface area contributed by atoms with Crippen molar-refractivity contribution < 1.29 is 9.47 Å². The van der Waals surface area contributed by atoms with Crippen LogP contribution in [-0.2, 0) is 15.1 Å². The smallest absolute Gasteiger partial charge is 0.185 e. The van der Waals surface area contributed by atoms with E-state index in [2.05, 4.69) is 16.8 Å². The van der Waals surface area contributed by atoms with Crippen molar-refractivity contribution >= 4 is 16.5 Å². The van der Waals surface area contributed by atoms with Gasteiger partial charge in [0.1, 0.15) is 5.60 Å². The van der Waals surface area contributed by atoms with Crippen LogP contribution in [0.2, 0.25) is 0 Å². The van der Waals surface area contributed by atoms with Crippen molar-refractivity contribution in [3.05, 3.63) is 11.1 Å². The Morgan fingerprint density at radius 1 is 1.47 bits per heavy atom. The molecule has 0 N–H and O–H groups in total. The van der Waals surface area contributed by atoms with Gasteiger partial charge < -0.3 is 14.4 Å². The molecule has 0 spiro atoms. The van der Waals surface area contributed by atoms with Gasteiger partial charge in [-0.25, -0.2) is 4.98 Å². The zero-order valence-electron chi connectivity index (χ0n) is 8.73. The molecule has 0 aromatic carbocycles. The van der Waals surface area contributed by atoms with Crippen LogP contribution in [0.4, 0.5) is 5.13 Å². The van der Waals surface area contributed by atoms with Gasteiger partial charge in [0, 0.05) is 19.3 Å². The van der Waals surface area contributed by atoms with E-state index in [4.69, 9.17) is 9.47 Å². The molecule has 0 radical (unpaired) electrons. The lowest BCUT2D eigenvalue weighted by atomic mass is 10.2. The maximum atomic E-state index is 5.41. The van der Waals surface area contributed by atoms with Crippen LogP contribution in [0, 0.1) is 0 Å². The van der Waals surface area contributed by atoms with E-state index in [-0.39, 0.29) is 5.60 Å². The molecule has 5 heteroatoms. The summed E-state index contributed by atoms with van der Waals surface area (Å²) >= 11 is 1.74. The van der Waals surface area contributed by atoms with Gasteiger partial charge >= 0.3 is 0 Å². The summed E-state index contributed by atoms with van der Waals surface area (Å²) in [5.41, 5.74) is -0.0395. The summed E-state index contributed by atoms with van der Waals surface area (Å²) in [6, 6.07) is 0. The predicted octanol–water partition coefficient (Wildman–Crippen LogP) is 1.23. The van der Waals surface area contributed by atoms with E-state index >= 15 is 0 Å². The second kappa shape index (κ2) is 3.43. The minimum absolute atomic E-state index is 0.0395. The number of ether oxygens (including phenoxy) is 2. The van der Waals surface area contributed by atoms with Crippen LogP contribution < -0.4 is 4.90 Å². The monoisotopic (exact) mass is 226 g/mol. The molecule has 0 amide bonds. The minimum Gasteiger partial charge on any atom is -0.378 e. The fraction of sp³-hybridized carbons (Fsp3) is 0.700. The molecular formula is C10H14N2O2S. The number of aromatic nitrogens is 1. The highest BCUT2D eigenvalue weighted by Crippen LogP contribution is 2.42. The van der Waals surface area contributed by atoms with Gasteiger partial charge in [-0.2, -0.15) is 0 Å². The van der Waals surface area contributed by atoms with Crippen molar-refractivity contribution in [2.75, 3.05) is 37.8 Å². The summed E-state index contributed by atoms with van der Waals surface area (Å²) in [5, 5.41) is 1.10. The number of rotatable bonds is 2. The summed E-state index contributed by atoms with van der Waals surface area (Å²) in [6.45, 7) is 6.46. The van der Waals surface area contributed by atoms with Crippen LogP contribution in [0.15, 0.2) is 6.20 Å². The van der Waals surface area contributed by atoms with Crippen molar-refractivity contribution in [2.45, 2.75) is 12.5 Å². The molecule has 0 saturated carbocycles. The first-order chi connectivity index (χ1) is 7.28. The molecule has 3 heterocycles. The number of hydrogen-bond donors (Lipinski definition) is 0. The second-order valence-electron chi connectivity index (χ2n) is 4.13. The van der Waals surface area contributed by atoms with E-state index in [1.807, 2.05) is 6.20 Å². The maximum absolute atomic E-state index is 5.41. The van der Waals surface area contributed by atoms with Crippen LogP contribution in [0.1, 0.15) is 11.8 Å². The van der Waals surface area contributed by atoms with Gasteiger partial charge in [0.05, 0.1) is 24.7 Å². The zero-order valence-corrected chi connectivity index (χ0v) is 9.55. The van der Waals surface area contributed by atoms with Gasteiger partial charge in [0.25, 0.3) is 0 Å². The molecule has 1 unspecified atom stereocenters. The van der Waals surface area contributed by atoms with Crippen LogP contribution in [0.3, 0.4) is 0 Å². The molecule has 0 bridgehead atoms. The van der Waals surface area contributed by atoms with Gasteiger partial charge in [-0.1, -0.05) is 11.3 Å². The van der Waals surface area contributed by atoms with Crippen molar-refractivity contribution in [2.24, 2.45) is 0 Å². The number of morpholine rings is 1. The standard InChI is InChI=1S/C10H14N2O2S/c1-10(7-14-10)8-6-11-9(15-8)12-2-4-13-5-3-12/h6H,2-5,7H2,1H3. The summed E-state index contributed by atoms with van der Waals surface area (Å²) < 4.78 is 10.7. The Kier molecular flexibility index (Phi) is 2.19. The number of thiazole rings is 1. The highest BCUT2D eigenvalue weighted by molar-refractivity contribution is 7.15. The zero-order chi connectivity index (χ0) is 10.3. The molecule has 3 rings (SSSR count). The largest absolute Gasteiger partial charge is 0.378 e. The van der Waals surface area contributed by atoms with Gasteiger partial charge in [0.2, 0.25) is 0 Å². The van der Waals surface area contributed by atoms with E-state index in [9.17, 15) is 0 Å². The summed E-state index contributed by atoms with van der Waals surface area (Å²) in [7, 11) is 0. The van der Waals surface area contributed by atoms with Crippen molar-refractivity contribution in [1.29, 1.82) is 0 Å². The van der Waals surface area contributed by atoms with Gasteiger partial charge in [-0.05, 0) is 6.92 Å². The number of epoxide rings is 1. The lowest BCUT2D eigenvalue weighted by Crippen LogP contribution is -2.36. The quantitative estimate of drug-likeness (QED) is 0.711. The third-order valence-corrected chi connectivity index (χ3v) is 4.18. The second-order valence-corrected chi connectivity index (χ2v) is 5.14. The van der Waals surface area contributed by atoms with Gasteiger partial charge in [-0.3, -0.25) is 0 Å². The molecular weight excluding hydrogens is 212 g/mol. The Bertz CT molecular complexity index is 356. The Hall–Kier alpha value is -0.650. The minimum atomic E-state index is -0.0395. The third kappa shape index (κ3) is 1.75. The van der Waals surface area contributed by atoms with E-state index in [1.54, 1.807) is 11.3 Å². The Morgan fingerprint density at radius 3 is 2.87 bits per heavy atom. The van der Waals surface area contributed by atoms with Crippen LogP contribution in [0.25, 0.3) is 0 Å². The highest BCUT2D eigenvalue weighted by atomic mass is 32.1. The van der Waals surface area contributed by atoms with Crippen molar-refractivity contribution in [3.63, 3.8) is 0 Å². The van der Waals surface area contributed by atoms with Crippen molar-refractivity contribution in [1.82, 2.24) is 4.98 Å². The Balaban J connectivity index is 1.77. The van der Waals surface area contributed by atoms with Gasteiger partial charge in [0.15, 0.2) is 5.13 Å². The molecule has 4 nitrogen and oxygen atoms in total. The molecule has 1 aromatic heterocycles. The summed E-state index contributed by atoms with van der Waals surface area (Å²) in [5.74, 6) is 0. The summed E-state index contributed by atoms with van der Waals surface area (Å²) in [6.07, 6.45) is 1.95. The molecule has 2 saturated heterocycles. The molecule has 2 aliphatic rings. The molecule has 2 fully saturated rings. The topological polar surface area (TPSA) is 37.9 Å². The first-order valence-electron chi connectivity index (χ1n) is 5.21. The molecule has 15 heavy (non-hydrogen) atoms. The summed E-state index contributed by atoms with van der Waals surface area (Å²) in [4.78, 5) is 7.98. The van der Waals surface area contributed by atoms with Crippen LogP contribution in [-0.4, -0.2) is 37.9 Å². The molecule has 2 aliphatic heterocycles. The van der Waals surface area contributed by atoms with E-state index in [1.165, 1.54) is 4.88 Å². The van der Waals surface area contributed by atoms with Crippen molar-refractivity contribution in [3.8, 4) is 0 Å². The fourth-order valence-electron chi connectivity index (χ4n) is 1.66. The molecule has 0 aliphatic carbocycles. The highest BCUT2D eigenvalue weighted by Gasteiger charge is 2.43. The Morgan fingerprint density at radius 2 is 2.20 bits per heavy atom. The maximum Gasteiger partial charge on any atom is 0.185 e. The first-order valence-corrected chi connectivity index (χ1v) is 6.02. The predicted molar refractivity (Wildman–Crippen MR) is 58.5 cm³/mol. The first kappa shape index (κ1) is 9.57. The van der Waals surface area contributed by atoms with Crippen LogP contribution in [0.5, 0.6) is 0 Å².